The molecule has 1 aromatic carbocycles. The van der Waals surface area contributed by atoms with Crippen LogP contribution in [0.4, 0.5) is 11.4 Å². The lowest BCUT2D eigenvalue weighted by atomic mass is 9.82. The zero-order chi connectivity index (χ0) is 13.7. The summed E-state index contributed by atoms with van der Waals surface area (Å²) in [7, 11) is 0. The van der Waals surface area contributed by atoms with Crippen molar-refractivity contribution in [2.45, 2.75) is 39.5 Å². The minimum absolute atomic E-state index is 0.670. The van der Waals surface area contributed by atoms with E-state index < -0.39 is 0 Å². The number of hydrogen-bond acceptors (Lipinski definition) is 3. The molecule has 0 bridgehead atoms. The Morgan fingerprint density at radius 1 is 1.32 bits per heavy atom. The molecule has 3 heteroatoms. The molecule has 19 heavy (non-hydrogen) atoms. The average Bonchev–Trinajstić information content (AvgIpc) is 2.36. The molecule has 2 atom stereocenters. The molecule has 0 amide bonds. The number of benzene rings is 1. The molecule has 1 fully saturated rings. The summed E-state index contributed by atoms with van der Waals surface area (Å²) in [6.45, 7) is 6.06. The third-order valence-corrected chi connectivity index (χ3v) is 3.88. The molecule has 106 valence electrons. The second-order valence-corrected chi connectivity index (χ2v) is 5.74. The molecule has 0 heterocycles. The van der Waals surface area contributed by atoms with E-state index >= 15 is 0 Å². The van der Waals surface area contributed by atoms with Crippen molar-refractivity contribution in [3.63, 3.8) is 0 Å². The highest BCUT2D eigenvalue weighted by molar-refractivity contribution is 5.59. The van der Waals surface area contributed by atoms with Crippen molar-refractivity contribution in [3.8, 4) is 5.75 Å². The first-order valence-corrected chi connectivity index (χ1v) is 7.44. The molecular weight excluding hydrogens is 236 g/mol. The maximum Gasteiger partial charge on any atom is 0.123 e. The second kappa shape index (κ2) is 6.69. The van der Waals surface area contributed by atoms with Gasteiger partial charge in [-0.05, 0) is 37.7 Å². The second-order valence-electron chi connectivity index (χ2n) is 5.74. The van der Waals surface area contributed by atoms with Crippen LogP contribution in [0.3, 0.4) is 0 Å². The van der Waals surface area contributed by atoms with Crippen molar-refractivity contribution in [3.05, 3.63) is 18.2 Å². The topological polar surface area (TPSA) is 47.3 Å². The maximum atomic E-state index is 5.90. The third kappa shape index (κ3) is 4.34. The van der Waals surface area contributed by atoms with Gasteiger partial charge >= 0.3 is 0 Å². The van der Waals surface area contributed by atoms with E-state index in [1.54, 1.807) is 0 Å². The summed E-state index contributed by atoms with van der Waals surface area (Å²) in [6, 6.07) is 5.89. The van der Waals surface area contributed by atoms with Crippen LogP contribution in [-0.4, -0.2) is 13.2 Å². The van der Waals surface area contributed by atoms with Crippen LogP contribution in [0.25, 0.3) is 0 Å². The Kier molecular flexibility index (Phi) is 4.94. The first-order chi connectivity index (χ1) is 9.17. The van der Waals surface area contributed by atoms with Gasteiger partial charge in [0.2, 0.25) is 0 Å². The zero-order valence-corrected chi connectivity index (χ0v) is 12.1. The SMILES string of the molecule is CCOc1cc(N)cc(NCC2CCCC(C)C2)c1. The van der Waals surface area contributed by atoms with E-state index in [0.717, 1.165) is 35.5 Å². The fraction of sp³-hybridized carbons (Fsp3) is 0.625. The summed E-state index contributed by atoms with van der Waals surface area (Å²) in [5.74, 6) is 2.52. The van der Waals surface area contributed by atoms with Crippen molar-refractivity contribution < 1.29 is 4.74 Å². The molecule has 3 nitrogen and oxygen atoms in total. The van der Waals surface area contributed by atoms with Gasteiger partial charge in [0.15, 0.2) is 0 Å². The van der Waals surface area contributed by atoms with Gasteiger partial charge in [-0.15, -0.1) is 0 Å². The lowest BCUT2D eigenvalue weighted by Crippen LogP contribution is -2.21. The number of ether oxygens (including phenoxy) is 1. The van der Waals surface area contributed by atoms with Gasteiger partial charge in [-0.3, -0.25) is 0 Å². The Balaban J connectivity index is 1.91. The molecule has 0 saturated heterocycles. The molecule has 3 N–H and O–H groups in total. The number of anilines is 2. The van der Waals surface area contributed by atoms with Crippen LogP contribution in [0.5, 0.6) is 5.75 Å². The van der Waals surface area contributed by atoms with Crippen LogP contribution >= 0.6 is 0 Å². The van der Waals surface area contributed by atoms with Crippen molar-refractivity contribution >= 4 is 11.4 Å². The quantitative estimate of drug-likeness (QED) is 0.791. The van der Waals surface area contributed by atoms with Crippen molar-refractivity contribution in [2.24, 2.45) is 11.8 Å². The van der Waals surface area contributed by atoms with E-state index in [9.17, 15) is 0 Å². The lowest BCUT2D eigenvalue weighted by Gasteiger charge is -2.27. The highest BCUT2D eigenvalue weighted by Crippen LogP contribution is 2.29. The molecule has 2 unspecified atom stereocenters. The van der Waals surface area contributed by atoms with Gasteiger partial charge in [-0.1, -0.05) is 19.8 Å². The van der Waals surface area contributed by atoms with E-state index in [4.69, 9.17) is 10.5 Å². The molecule has 0 radical (unpaired) electrons. The molecule has 1 aromatic rings. The van der Waals surface area contributed by atoms with Crippen LogP contribution in [-0.2, 0) is 0 Å². The lowest BCUT2D eigenvalue weighted by molar-refractivity contribution is 0.293. The molecule has 2 rings (SSSR count). The Labute approximate surface area is 116 Å². The van der Waals surface area contributed by atoms with Crippen LogP contribution in [0, 0.1) is 11.8 Å². The normalized spacial score (nSPS) is 23.1. The average molecular weight is 262 g/mol. The fourth-order valence-electron chi connectivity index (χ4n) is 2.98. The number of nitrogens with one attached hydrogen (secondary N) is 1. The van der Waals surface area contributed by atoms with Crippen LogP contribution in [0.15, 0.2) is 18.2 Å². The van der Waals surface area contributed by atoms with Crippen LogP contribution in [0.1, 0.15) is 39.5 Å². The standard InChI is InChI=1S/C16H26N2O/c1-3-19-16-9-14(17)8-15(10-16)18-11-13-6-4-5-12(2)7-13/h8-10,12-13,18H,3-7,11,17H2,1-2H3. The van der Waals surface area contributed by atoms with E-state index in [1.165, 1.54) is 25.7 Å². The van der Waals surface area contributed by atoms with Crippen LogP contribution < -0.4 is 15.8 Å². The Morgan fingerprint density at radius 3 is 2.89 bits per heavy atom. The van der Waals surface area contributed by atoms with E-state index in [1.807, 2.05) is 25.1 Å². The predicted octanol–water partition coefficient (Wildman–Crippen LogP) is 3.91. The molecule has 0 aromatic heterocycles. The van der Waals surface area contributed by atoms with E-state index in [-0.39, 0.29) is 0 Å². The molecule has 1 saturated carbocycles. The number of nitrogen functional groups attached to an aromatic ring is 1. The summed E-state index contributed by atoms with van der Waals surface area (Å²) in [5.41, 5.74) is 7.73. The minimum atomic E-state index is 0.670. The van der Waals surface area contributed by atoms with Gasteiger partial charge < -0.3 is 15.8 Å². The summed E-state index contributed by atoms with van der Waals surface area (Å²) in [6.07, 6.45) is 5.45. The summed E-state index contributed by atoms with van der Waals surface area (Å²) in [4.78, 5) is 0. The molecular formula is C16H26N2O. The number of hydrogen-bond donors (Lipinski definition) is 2. The fourth-order valence-corrected chi connectivity index (χ4v) is 2.98. The van der Waals surface area contributed by atoms with Gasteiger partial charge in [0.05, 0.1) is 6.61 Å². The van der Waals surface area contributed by atoms with Crippen molar-refractivity contribution in [1.82, 2.24) is 0 Å². The predicted molar refractivity (Wildman–Crippen MR) is 81.6 cm³/mol. The van der Waals surface area contributed by atoms with Crippen molar-refractivity contribution in [1.29, 1.82) is 0 Å². The van der Waals surface area contributed by atoms with E-state index in [2.05, 4.69) is 12.2 Å². The maximum absolute atomic E-state index is 5.90. The highest BCUT2D eigenvalue weighted by Gasteiger charge is 2.18. The van der Waals surface area contributed by atoms with Gasteiger partial charge in [0.25, 0.3) is 0 Å². The van der Waals surface area contributed by atoms with Gasteiger partial charge in [0, 0.05) is 30.1 Å². The first kappa shape index (κ1) is 14.0. The minimum Gasteiger partial charge on any atom is -0.494 e. The Bertz CT molecular complexity index is 406. The number of rotatable bonds is 5. The Morgan fingerprint density at radius 2 is 2.16 bits per heavy atom. The summed E-state index contributed by atoms with van der Waals surface area (Å²) >= 11 is 0. The van der Waals surface area contributed by atoms with Gasteiger partial charge in [-0.25, -0.2) is 0 Å². The number of nitrogens with two attached hydrogens (primary N) is 1. The summed E-state index contributed by atoms with van der Waals surface area (Å²) in [5, 5.41) is 3.51. The van der Waals surface area contributed by atoms with Crippen LogP contribution in [0.2, 0.25) is 0 Å². The smallest absolute Gasteiger partial charge is 0.123 e. The van der Waals surface area contributed by atoms with Gasteiger partial charge in [-0.2, -0.15) is 0 Å². The first-order valence-electron chi connectivity index (χ1n) is 7.44. The van der Waals surface area contributed by atoms with E-state index in [0.29, 0.717) is 6.61 Å². The third-order valence-electron chi connectivity index (χ3n) is 3.88. The monoisotopic (exact) mass is 262 g/mol. The van der Waals surface area contributed by atoms with Gasteiger partial charge in [0.1, 0.15) is 5.75 Å². The largest absolute Gasteiger partial charge is 0.494 e. The Hall–Kier alpha value is -1.38. The zero-order valence-electron chi connectivity index (χ0n) is 12.1. The van der Waals surface area contributed by atoms with Crippen molar-refractivity contribution in [2.75, 3.05) is 24.2 Å². The molecule has 1 aliphatic rings. The molecule has 0 aliphatic heterocycles. The molecule has 0 spiro atoms. The molecule has 1 aliphatic carbocycles. The summed E-state index contributed by atoms with van der Waals surface area (Å²) < 4.78 is 5.52. The highest BCUT2D eigenvalue weighted by atomic mass is 16.5.